The van der Waals surface area contributed by atoms with E-state index >= 15 is 0 Å². The average Bonchev–Trinajstić information content (AvgIpc) is 2.91. The molecule has 6 nitrogen and oxygen atoms in total. The number of ether oxygens (including phenoxy) is 2. The van der Waals surface area contributed by atoms with Gasteiger partial charge in [-0.25, -0.2) is 9.59 Å². The van der Waals surface area contributed by atoms with Crippen molar-refractivity contribution in [1.82, 2.24) is 0 Å². The van der Waals surface area contributed by atoms with Gasteiger partial charge in [0.05, 0.1) is 12.5 Å². The third-order valence-corrected chi connectivity index (χ3v) is 5.24. The summed E-state index contributed by atoms with van der Waals surface area (Å²) in [6.07, 6.45) is 4.68. The number of allylic oxidation sites excluding steroid dienone is 2. The molecule has 0 saturated carbocycles. The first-order valence-electron chi connectivity index (χ1n) is 9.04. The summed E-state index contributed by atoms with van der Waals surface area (Å²) in [6.45, 7) is 7.09. The third-order valence-electron chi connectivity index (χ3n) is 5.24. The van der Waals surface area contributed by atoms with Crippen LogP contribution in [0.25, 0.3) is 0 Å². The molecule has 0 aromatic carbocycles. The summed E-state index contributed by atoms with van der Waals surface area (Å²) in [5, 5.41) is 19.3. The van der Waals surface area contributed by atoms with Gasteiger partial charge in [-0.15, -0.1) is 0 Å². The SMILES string of the molecule is C=C1C(=O)O[C@@H]2C[C@H](CO)CC/C=C(\CO)C[C@@H](OC(=O)/C(C)=C/C)[C@@H]12. The van der Waals surface area contributed by atoms with Crippen LogP contribution in [0.1, 0.15) is 39.5 Å². The topological polar surface area (TPSA) is 93.1 Å². The maximum Gasteiger partial charge on any atom is 0.334 e. The zero-order valence-electron chi connectivity index (χ0n) is 15.4. The van der Waals surface area contributed by atoms with E-state index in [1.807, 2.05) is 6.08 Å². The van der Waals surface area contributed by atoms with E-state index in [-0.39, 0.29) is 24.7 Å². The molecular weight excluding hydrogens is 336 g/mol. The molecule has 144 valence electrons. The molecular formula is C20H28O6. The fourth-order valence-electron chi connectivity index (χ4n) is 3.50. The third kappa shape index (κ3) is 4.62. The highest BCUT2D eigenvalue weighted by Crippen LogP contribution is 2.38. The van der Waals surface area contributed by atoms with Crippen LogP contribution < -0.4 is 0 Å². The lowest BCUT2D eigenvalue weighted by Gasteiger charge is -2.30. The zero-order valence-corrected chi connectivity index (χ0v) is 15.4. The van der Waals surface area contributed by atoms with Crippen molar-refractivity contribution >= 4 is 11.9 Å². The zero-order chi connectivity index (χ0) is 19.3. The highest BCUT2D eigenvalue weighted by Gasteiger charge is 2.46. The van der Waals surface area contributed by atoms with Crippen LogP contribution in [-0.4, -0.2) is 47.6 Å². The highest BCUT2D eigenvalue weighted by atomic mass is 16.6. The first-order valence-corrected chi connectivity index (χ1v) is 9.04. The van der Waals surface area contributed by atoms with E-state index < -0.39 is 30.1 Å². The summed E-state index contributed by atoms with van der Waals surface area (Å²) in [5.41, 5.74) is 1.49. The molecule has 1 aliphatic heterocycles. The predicted molar refractivity (Wildman–Crippen MR) is 96.0 cm³/mol. The standard InChI is InChI=1S/C20H28O6/c1-4-12(2)19(23)25-16-8-14(10-21)6-5-7-15(11-22)9-17-18(16)13(3)20(24)26-17/h4,6,15-18,21-22H,3,5,7-11H2,1-2H3/b12-4+,14-6-/t15-,16-,17-,18-/m1/s1. The van der Waals surface area contributed by atoms with Crippen LogP contribution in [0.15, 0.2) is 35.5 Å². The van der Waals surface area contributed by atoms with Crippen LogP contribution in [-0.2, 0) is 19.1 Å². The van der Waals surface area contributed by atoms with Gasteiger partial charge in [0.15, 0.2) is 0 Å². The van der Waals surface area contributed by atoms with Gasteiger partial charge in [-0.2, -0.15) is 0 Å². The summed E-state index contributed by atoms with van der Waals surface area (Å²) < 4.78 is 11.2. The Bertz CT molecular complexity index is 618. The fourth-order valence-corrected chi connectivity index (χ4v) is 3.50. The van der Waals surface area contributed by atoms with E-state index in [0.29, 0.717) is 24.8 Å². The van der Waals surface area contributed by atoms with Crippen molar-refractivity contribution in [3.8, 4) is 0 Å². The van der Waals surface area contributed by atoms with Gasteiger partial charge in [0.25, 0.3) is 0 Å². The average molecular weight is 364 g/mol. The Morgan fingerprint density at radius 1 is 1.46 bits per heavy atom. The van der Waals surface area contributed by atoms with Gasteiger partial charge < -0.3 is 19.7 Å². The van der Waals surface area contributed by atoms with Crippen LogP contribution in [0.3, 0.4) is 0 Å². The molecule has 0 bridgehead atoms. The molecule has 0 aromatic heterocycles. The number of aliphatic hydroxyl groups excluding tert-OH is 2. The molecule has 26 heavy (non-hydrogen) atoms. The Kier molecular flexibility index (Phi) is 7.17. The van der Waals surface area contributed by atoms with Crippen LogP contribution in [0.5, 0.6) is 0 Å². The van der Waals surface area contributed by atoms with Gasteiger partial charge in [0.2, 0.25) is 0 Å². The van der Waals surface area contributed by atoms with Crippen molar-refractivity contribution in [1.29, 1.82) is 0 Å². The fraction of sp³-hybridized carbons (Fsp3) is 0.600. The number of rotatable bonds is 4. The number of aliphatic hydroxyl groups is 2. The predicted octanol–water partition coefficient (Wildman–Crippen LogP) is 2.06. The maximum atomic E-state index is 12.3. The van der Waals surface area contributed by atoms with E-state index in [1.54, 1.807) is 19.9 Å². The Morgan fingerprint density at radius 2 is 2.19 bits per heavy atom. The van der Waals surface area contributed by atoms with Crippen molar-refractivity contribution < 1.29 is 29.3 Å². The van der Waals surface area contributed by atoms with Crippen molar-refractivity contribution in [2.45, 2.75) is 51.7 Å². The minimum absolute atomic E-state index is 0.0162. The van der Waals surface area contributed by atoms with E-state index in [1.165, 1.54) is 0 Å². The second kappa shape index (κ2) is 9.14. The smallest absolute Gasteiger partial charge is 0.334 e. The van der Waals surface area contributed by atoms with Crippen LogP contribution >= 0.6 is 0 Å². The Morgan fingerprint density at radius 3 is 2.81 bits per heavy atom. The van der Waals surface area contributed by atoms with Gasteiger partial charge in [-0.05, 0) is 44.6 Å². The van der Waals surface area contributed by atoms with E-state index in [2.05, 4.69) is 6.58 Å². The quantitative estimate of drug-likeness (QED) is 0.451. The Hall–Kier alpha value is -1.92. The maximum absolute atomic E-state index is 12.3. The molecule has 2 aliphatic rings. The van der Waals surface area contributed by atoms with Crippen LogP contribution in [0, 0.1) is 11.8 Å². The summed E-state index contributed by atoms with van der Waals surface area (Å²) in [5.74, 6) is -1.48. The van der Waals surface area contributed by atoms with Gasteiger partial charge in [0.1, 0.15) is 12.2 Å². The molecule has 2 N–H and O–H groups in total. The second-order valence-corrected chi connectivity index (χ2v) is 7.00. The molecule has 1 heterocycles. The number of carbonyl (C=O) groups is 2. The van der Waals surface area contributed by atoms with Crippen LogP contribution in [0.4, 0.5) is 0 Å². The van der Waals surface area contributed by atoms with Gasteiger partial charge in [0, 0.05) is 24.2 Å². The summed E-state index contributed by atoms with van der Waals surface area (Å²) in [7, 11) is 0. The van der Waals surface area contributed by atoms with Crippen molar-refractivity contribution in [3.63, 3.8) is 0 Å². The summed E-state index contributed by atoms with van der Waals surface area (Å²) in [6, 6.07) is 0. The summed E-state index contributed by atoms with van der Waals surface area (Å²) in [4.78, 5) is 24.4. The lowest BCUT2D eigenvalue weighted by molar-refractivity contribution is -0.148. The molecule has 1 fully saturated rings. The lowest BCUT2D eigenvalue weighted by atomic mass is 9.81. The van der Waals surface area contributed by atoms with Crippen molar-refractivity contribution in [2.75, 3.05) is 13.2 Å². The highest BCUT2D eigenvalue weighted by molar-refractivity contribution is 5.91. The normalized spacial score (nSPS) is 32.3. The van der Waals surface area contributed by atoms with Gasteiger partial charge >= 0.3 is 11.9 Å². The lowest BCUT2D eigenvalue weighted by Crippen LogP contribution is -2.36. The van der Waals surface area contributed by atoms with E-state index in [0.717, 1.165) is 12.0 Å². The molecule has 2 rings (SSSR count). The van der Waals surface area contributed by atoms with E-state index in [9.17, 15) is 19.8 Å². The molecule has 0 amide bonds. The Balaban J connectivity index is 2.37. The number of fused-ring (bicyclic) bond motifs is 1. The van der Waals surface area contributed by atoms with Gasteiger partial charge in [-0.3, -0.25) is 0 Å². The number of hydrogen-bond donors (Lipinski definition) is 2. The van der Waals surface area contributed by atoms with Crippen molar-refractivity contribution in [2.24, 2.45) is 11.8 Å². The second-order valence-electron chi connectivity index (χ2n) is 7.00. The van der Waals surface area contributed by atoms with Crippen molar-refractivity contribution in [3.05, 3.63) is 35.5 Å². The first-order chi connectivity index (χ1) is 12.4. The molecule has 0 radical (unpaired) electrons. The minimum atomic E-state index is -0.655. The largest absolute Gasteiger partial charge is 0.458 e. The van der Waals surface area contributed by atoms with Gasteiger partial charge in [-0.1, -0.05) is 18.7 Å². The first kappa shape index (κ1) is 20.4. The minimum Gasteiger partial charge on any atom is -0.458 e. The molecule has 6 heteroatoms. The molecule has 1 aliphatic carbocycles. The molecule has 0 aromatic rings. The van der Waals surface area contributed by atoms with E-state index in [4.69, 9.17) is 9.47 Å². The monoisotopic (exact) mass is 364 g/mol. The molecule has 0 spiro atoms. The molecule has 4 atom stereocenters. The molecule has 1 saturated heterocycles. The summed E-state index contributed by atoms with van der Waals surface area (Å²) >= 11 is 0. The van der Waals surface area contributed by atoms with Crippen LogP contribution in [0.2, 0.25) is 0 Å². The number of hydrogen-bond acceptors (Lipinski definition) is 6. The number of esters is 2. The molecule has 0 unspecified atom stereocenters. The number of carbonyl (C=O) groups excluding carboxylic acids is 2. The Labute approximate surface area is 154 Å².